The zero-order valence-corrected chi connectivity index (χ0v) is 20.2. The van der Waals surface area contributed by atoms with Crippen LogP contribution in [0, 0.1) is 11.7 Å². The van der Waals surface area contributed by atoms with E-state index in [-0.39, 0.29) is 28.9 Å². The number of hydrogen-bond acceptors (Lipinski definition) is 5. The van der Waals surface area contributed by atoms with Crippen molar-refractivity contribution in [2.45, 2.75) is 31.7 Å². The molecule has 0 heterocycles. The SMILES string of the molecule is COc1ccc(CC(=O)N(Cc2ccc(OS(=O)(=O)c3ccc(F)cc3)cc2)CC(C)C)cc1. The van der Waals surface area contributed by atoms with Gasteiger partial charge in [-0.05, 0) is 65.6 Å². The molecule has 6 nitrogen and oxygen atoms in total. The molecule has 0 aliphatic carbocycles. The van der Waals surface area contributed by atoms with Gasteiger partial charge in [-0.25, -0.2) is 4.39 Å². The summed E-state index contributed by atoms with van der Waals surface area (Å²) in [6, 6.07) is 18.4. The van der Waals surface area contributed by atoms with Crippen LogP contribution in [0.3, 0.4) is 0 Å². The average molecular weight is 486 g/mol. The Morgan fingerprint density at radius 2 is 1.44 bits per heavy atom. The summed E-state index contributed by atoms with van der Waals surface area (Å²) in [4.78, 5) is 14.7. The molecule has 0 fully saturated rings. The molecular weight excluding hydrogens is 457 g/mol. The highest BCUT2D eigenvalue weighted by atomic mass is 32.2. The number of methoxy groups -OCH3 is 1. The van der Waals surface area contributed by atoms with Crippen LogP contribution in [0.4, 0.5) is 4.39 Å². The number of carbonyl (C=O) groups excluding carboxylic acids is 1. The van der Waals surface area contributed by atoms with E-state index in [0.717, 1.165) is 41.1 Å². The normalized spacial score (nSPS) is 11.3. The molecule has 3 aromatic carbocycles. The summed E-state index contributed by atoms with van der Waals surface area (Å²) in [5, 5.41) is 0. The lowest BCUT2D eigenvalue weighted by Crippen LogP contribution is -2.34. The highest BCUT2D eigenvalue weighted by Crippen LogP contribution is 2.21. The van der Waals surface area contributed by atoms with Gasteiger partial charge in [0.25, 0.3) is 0 Å². The molecule has 0 saturated heterocycles. The van der Waals surface area contributed by atoms with E-state index in [9.17, 15) is 17.6 Å². The van der Waals surface area contributed by atoms with E-state index in [4.69, 9.17) is 8.92 Å². The van der Waals surface area contributed by atoms with Crippen LogP contribution in [-0.4, -0.2) is 32.9 Å². The summed E-state index contributed by atoms with van der Waals surface area (Å²) in [5.41, 5.74) is 1.74. The fraction of sp³-hybridized carbons (Fsp3) is 0.269. The average Bonchev–Trinajstić information content (AvgIpc) is 2.80. The van der Waals surface area contributed by atoms with Crippen molar-refractivity contribution in [3.05, 3.63) is 89.7 Å². The van der Waals surface area contributed by atoms with Crippen LogP contribution in [0.5, 0.6) is 11.5 Å². The second-order valence-electron chi connectivity index (χ2n) is 8.33. The molecule has 180 valence electrons. The number of nitrogens with zero attached hydrogens (tertiary/aromatic N) is 1. The molecule has 0 N–H and O–H groups in total. The molecule has 8 heteroatoms. The van der Waals surface area contributed by atoms with Gasteiger partial charge in [-0.15, -0.1) is 0 Å². The third kappa shape index (κ3) is 7.05. The van der Waals surface area contributed by atoms with Crippen LogP contribution in [0.2, 0.25) is 0 Å². The summed E-state index contributed by atoms with van der Waals surface area (Å²) in [6.45, 7) is 5.07. The van der Waals surface area contributed by atoms with Gasteiger partial charge < -0.3 is 13.8 Å². The third-order valence-corrected chi connectivity index (χ3v) is 6.32. The first-order valence-electron chi connectivity index (χ1n) is 10.9. The van der Waals surface area contributed by atoms with E-state index >= 15 is 0 Å². The van der Waals surface area contributed by atoms with Gasteiger partial charge in [-0.1, -0.05) is 38.1 Å². The first-order valence-corrected chi connectivity index (χ1v) is 12.3. The lowest BCUT2D eigenvalue weighted by atomic mass is 10.1. The second-order valence-corrected chi connectivity index (χ2v) is 9.87. The molecule has 3 aromatic rings. The lowest BCUT2D eigenvalue weighted by molar-refractivity contribution is -0.131. The van der Waals surface area contributed by atoms with Crippen LogP contribution in [0.1, 0.15) is 25.0 Å². The van der Waals surface area contributed by atoms with Gasteiger partial charge in [0.2, 0.25) is 5.91 Å². The second kappa shape index (κ2) is 11.2. The van der Waals surface area contributed by atoms with Crippen molar-refractivity contribution >= 4 is 16.0 Å². The van der Waals surface area contributed by atoms with Gasteiger partial charge in [-0.2, -0.15) is 8.42 Å². The number of hydrogen-bond donors (Lipinski definition) is 0. The summed E-state index contributed by atoms with van der Waals surface area (Å²) < 4.78 is 48.2. The first kappa shape index (κ1) is 25.2. The molecule has 0 spiro atoms. The quantitative estimate of drug-likeness (QED) is 0.385. The number of benzene rings is 3. The Bertz CT molecular complexity index is 1190. The van der Waals surface area contributed by atoms with Gasteiger partial charge in [0.15, 0.2) is 0 Å². The van der Waals surface area contributed by atoms with E-state index in [1.807, 2.05) is 38.1 Å². The fourth-order valence-electron chi connectivity index (χ4n) is 3.37. The molecule has 3 rings (SSSR count). The van der Waals surface area contributed by atoms with Crippen LogP contribution >= 0.6 is 0 Å². The highest BCUT2D eigenvalue weighted by molar-refractivity contribution is 7.87. The van der Waals surface area contributed by atoms with Crippen molar-refractivity contribution in [2.24, 2.45) is 5.92 Å². The molecule has 34 heavy (non-hydrogen) atoms. The van der Waals surface area contributed by atoms with Crippen molar-refractivity contribution < 1.29 is 26.5 Å². The Labute approximate surface area is 200 Å². The predicted molar refractivity (Wildman–Crippen MR) is 128 cm³/mol. The molecule has 0 aliphatic rings. The lowest BCUT2D eigenvalue weighted by Gasteiger charge is -2.25. The minimum atomic E-state index is -4.08. The summed E-state index contributed by atoms with van der Waals surface area (Å²) in [7, 11) is -2.48. The molecule has 0 aliphatic heterocycles. The van der Waals surface area contributed by atoms with Crippen molar-refractivity contribution in [1.29, 1.82) is 0 Å². The zero-order valence-electron chi connectivity index (χ0n) is 19.4. The smallest absolute Gasteiger partial charge is 0.339 e. The summed E-state index contributed by atoms with van der Waals surface area (Å²) in [6.07, 6.45) is 0.272. The van der Waals surface area contributed by atoms with Crippen LogP contribution < -0.4 is 8.92 Å². The Kier molecular flexibility index (Phi) is 8.28. The maximum Gasteiger partial charge on any atom is 0.339 e. The van der Waals surface area contributed by atoms with E-state index in [0.29, 0.717) is 13.1 Å². The fourth-order valence-corrected chi connectivity index (χ4v) is 4.30. The largest absolute Gasteiger partial charge is 0.497 e. The molecule has 1 amide bonds. The number of rotatable bonds is 10. The Balaban J connectivity index is 1.68. The van der Waals surface area contributed by atoms with E-state index in [1.165, 1.54) is 12.1 Å². The van der Waals surface area contributed by atoms with Gasteiger partial charge in [0.05, 0.1) is 13.5 Å². The van der Waals surface area contributed by atoms with Crippen LogP contribution in [0.15, 0.2) is 77.7 Å². The highest BCUT2D eigenvalue weighted by Gasteiger charge is 2.18. The van der Waals surface area contributed by atoms with Gasteiger partial charge >= 0.3 is 10.1 Å². The van der Waals surface area contributed by atoms with Crippen LogP contribution in [0.25, 0.3) is 0 Å². The van der Waals surface area contributed by atoms with Crippen molar-refractivity contribution in [3.63, 3.8) is 0 Å². The van der Waals surface area contributed by atoms with Gasteiger partial charge in [0, 0.05) is 13.1 Å². The van der Waals surface area contributed by atoms with Crippen molar-refractivity contribution in [3.8, 4) is 11.5 Å². The molecule has 0 saturated carbocycles. The summed E-state index contributed by atoms with van der Waals surface area (Å²) in [5.74, 6) is 0.615. The molecular formula is C26H28FNO5S. The van der Waals surface area contributed by atoms with Crippen molar-refractivity contribution in [1.82, 2.24) is 4.90 Å². The maximum absolute atomic E-state index is 13.1. The number of halogens is 1. The predicted octanol–water partition coefficient (Wildman–Crippen LogP) is 4.83. The Hall–Kier alpha value is -3.39. The number of ether oxygens (including phenoxy) is 1. The molecule has 0 aromatic heterocycles. The minimum Gasteiger partial charge on any atom is -0.497 e. The van der Waals surface area contributed by atoms with Gasteiger partial charge in [0.1, 0.15) is 22.2 Å². The Morgan fingerprint density at radius 1 is 0.882 bits per heavy atom. The minimum absolute atomic E-state index is 0.00178. The zero-order chi connectivity index (χ0) is 24.7. The number of carbonyl (C=O) groups is 1. The maximum atomic E-state index is 13.1. The van der Waals surface area contributed by atoms with Crippen molar-refractivity contribution in [2.75, 3.05) is 13.7 Å². The number of amides is 1. The standard InChI is InChI=1S/C26H28FNO5S/c1-19(2)17-28(26(29)16-20-4-10-23(32-3)11-5-20)18-21-6-12-24(13-7-21)33-34(30,31)25-14-8-22(27)9-15-25/h4-15,19H,16-18H2,1-3H3. The topological polar surface area (TPSA) is 72.9 Å². The monoisotopic (exact) mass is 485 g/mol. The summed E-state index contributed by atoms with van der Waals surface area (Å²) >= 11 is 0. The van der Waals surface area contributed by atoms with E-state index < -0.39 is 15.9 Å². The van der Waals surface area contributed by atoms with E-state index in [2.05, 4.69) is 0 Å². The van der Waals surface area contributed by atoms with Gasteiger partial charge in [-0.3, -0.25) is 4.79 Å². The molecule has 0 bridgehead atoms. The Morgan fingerprint density at radius 3 is 2.00 bits per heavy atom. The third-order valence-electron chi connectivity index (χ3n) is 5.06. The van der Waals surface area contributed by atoms with E-state index in [1.54, 1.807) is 24.1 Å². The molecule has 0 atom stereocenters. The van der Waals surface area contributed by atoms with Crippen LogP contribution in [-0.2, 0) is 27.9 Å². The first-order chi connectivity index (χ1) is 16.2. The molecule has 0 unspecified atom stereocenters. The molecule has 0 radical (unpaired) electrons.